The van der Waals surface area contributed by atoms with Gasteiger partial charge in [0.2, 0.25) is 0 Å². The van der Waals surface area contributed by atoms with E-state index in [0.29, 0.717) is 0 Å². The molecule has 0 amide bonds. The van der Waals surface area contributed by atoms with Crippen molar-refractivity contribution in [1.82, 2.24) is 0 Å². The summed E-state index contributed by atoms with van der Waals surface area (Å²) >= 11 is 0. The summed E-state index contributed by atoms with van der Waals surface area (Å²) in [5.41, 5.74) is 1.21. The molecule has 2 aromatic carbocycles. The van der Waals surface area contributed by atoms with Crippen LogP contribution in [0.5, 0.6) is 5.75 Å². The number of aliphatic hydroxyl groups excluding tert-OH is 1. The maximum absolute atomic E-state index is 10.5. The second kappa shape index (κ2) is 6.55. The van der Waals surface area contributed by atoms with E-state index in [0.717, 1.165) is 16.9 Å². The van der Waals surface area contributed by atoms with Crippen LogP contribution in [0.25, 0.3) is 0 Å². The number of hydrogen-bond acceptors (Lipinski definition) is 3. The average Bonchev–Trinajstić information content (AvgIpc) is 2.53. The van der Waals surface area contributed by atoms with Crippen molar-refractivity contribution in [3.8, 4) is 5.75 Å². The molecule has 1 N–H and O–H groups in total. The van der Waals surface area contributed by atoms with E-state index in [1.54, 1.807) is 13.3 Å². The van der Waals surface area contributed by atoms with E-state index in [1.807, 2.05) is 68.4 Å². The van der Waals surface area contributed by atoms with Crippen molar-refractivity contribution >= 4 is 6.21 Å². The van der Waals surface area contributed by atoms with E-state index in [1.165, 1.54) is 0 Å². The maximum atomic E-state index is 10.5. The Labute approximate surface area is 125 Å². The fourth-order valence-electron chi connectivity index (χ4n) is 2.08. The summed E-state index contributed by atoms with van der Waals surface area (Å²) in [6.45, 7) is 3.84. The number of hydrogen-bond donors (Lipinski definition) is 1. The van der Waals surface area contributed by atoms with E-state index in [2.05, 4.69) is 4.99 Å². The highest BCUT2D eigenvalue weighted by atomic mass is 16.5. The first-order valence-electron chi connectivity index (χ1n) is 6.95. The van der Waals surface area contributed by atoms with Crippen LogP contribution in [0.2, 0.25) is 0 Å². The van der Waals surface area contributed by atoms with Crippen molar-refractivity contribution < 1.29 is 9.84 Å². The summed E-state index contributed by atoms with van der Waals surface area (Å²) in [6, 6.07) is 17.3. The minimum absolute atomic E-state index is 0.607. The predicted octanol–water partition coefficient (Wildman–Crippen LogP) is 3.63. The average molecular weight is 283 g/mol. The van der Waals surface area contributed by atoms with E-state index in [4.69, 9.17) is 4.74 Å². The van der Waals surface area contributed by atoms with E-state index in [9.17, 15) is 5.11 Å². The zero-order valence-corrected chi connectivity index (χ0v) is 12.7. The normalized spacial score (nSPS) is 13.3. The molecule has 0 aliphatic rings. The second-order valence-corrected chi connectivity index (χ2v) is 5.50. The standard InChI is InChI=1S/C18H21NO2/c1-18(2,17(20)15-9-5-4-6-10-15)19-13-14-8-7-11-16(12-14)21-3/h4-13,17,20H,1-3H3. The van der Waals surface area contributed by atoms with Gasteiger partial charge in [0, 0.05) is 6.21 Å². The summed E-state index contributed by atoms with van der Waals surface area (Å²) in [7, 11) is 1.64. The molecule has 3 nitrogen and oxygen atoms in total. The predicted molar refractivity (Wildman–Crippen MR) is 86.1 cm³/mol. The molecule has 0 bridgehead atoms. The molecule has 0 aliphatic heterocycles. The summed E-state index contributed by atoms with van der Waals surface area (Å²) in [4.78, 5) is 4.55. The van der Waals surface area contributed by atoms with Crippen molar-refractivity contribution in [3.05, 3.63) is 65.7 Å². The molecule has 1 unspecified atom stereocenters. The Morgan fingerprint density at radius 1 is 1.10 bits per heavy atom. The van der Waals surface area contributed by atoms with Crippen LogP contribution in [0.3, 0.4) is 0 Å². The lowest BCUT2D eigenvalue weighted by Gasteiger charge is -2.26. The van der Waals surface area contributed by atoms with Gasteiger partial charge in [-0.3, -0.25) is 4.99 Å². The molecule has 110 valence electrons. The number of rotatable bonds is 5. The van der Waals surface area contributed by atoms with Gasteiger partial charge >= 0.3 is 0 Å². The van der Waals surface area contributed by atoms with Crippen molar-refractivity contribution in [3.63, 3.8) is 0 Å². The third-order valence-corrected chi connectivity index (χ3v) is 3.42. The lowest BCUT2D eigenvalue weighted by Crippen LogP contribution is -2.27. The van der Waals surface area contributed by atoms with Gasteiger partial charge in [-0.2, -0.15) is 0 Å². The van der Waals surface area contributed by atoms with Gasteiger partial charge in [0.05, 0.1) is 12.6 Å². The molecule has 1 atom stereocenters. The Morgan fingerprint density at radius 3 is 2.48 bits per heavy atom. The van der Waals surface area contributed by atoms with E-state index in [-0.39, 0.29) is 0 Å². The molecule has 0 aromatic heterocycles. The van der Waals surface area contributed by atoms with Gasteiger partial charge in [0.25, 0.3) is 0 Å². The summed E-state index contributed by atoms with van der Waals surface area (Å²) in [6.07, 6.45) is 1.12. The SMILES string of the molecule is COc1cccc(C=NC(C)(C)C(O)c2ccccc2)c1. The van der Waals surface area contributed by atoms with Crippen LogP contribution in [-0.2, 0) is 0 Å². The Bertz CT molecular complexity index is 606. The first-order chi connectivity index (χ1) is 10.0. The molecular weight excluding hydrogens is 262 g/mol. The highest BCUT2D eigenvalue weighted by Crippen LogP contribution is 2.28. The monoisotopic (exact) mass is 283 g/mol. The van der Waals surface area contributed by atoms with Gasteiger partial charge < -0.3 is 9.84 Å². The lowest BCUT2D eigenvalue weighted by molar-refractivity contribution is 0.106. The number of nitrogens with zero attached hydrogens (tertiary/aromatic N) is 1. The Balaban J connectivity index is 2.17. The molecular formula is C18H21NO2. The third kappa shape index (κ3) is 3.92. The molecule has 2 aromatic rings. The van der Waals surface area contributed by atoms with Crippen molar-refractivity contribution in [2.45, 2.75) is 25.5 Å². The minimum atomic E-state index is -0.652. The largest absolute Gasteiger partial charge is 0.497 e. The van der Waals surface area contributed by atoms with Gasteiger partial charge in [-0.1, -0.05) is 42.5 Å². The number of methoxy groups -OCH3 is 1. The molecule has 0 saturated heterocycles. The van der Waals surface area contributed by atoms with Crippen LogP contribution < -0.4 is 4.74 Å². The number of benzene rings is 2. The zero-order chi connectivity index (χ0) is 15.3. The molecule has 21 heavy (non-hydrogen) atoms. The van der Waals surface area contributed by atoms with Crippen LogP contribution in [0.15, 0.2) is 59.6 Å². The van der Waals surface area contributed by atoms with Crippen LogP contribution in [0.4, 0.5) is 0 Å². The number of aliphatic hydroxyl groups is 1. The van der Waals surface area contributed by atoms with Gasteiger partial charge in [-0.05, 0) is 37.1 Å². The van der Waals surface area contributed by atoms with E-state index >= 15 is 0 Å². The molecule has 2 rings (SSSR count). The van der Waals surface area contributed by atoms with E-state index < -0.39 is 11.6 Å². The van der Waals surface area contributed by atoms with Crippen LogP contribution in [0.1, 0.15) is 31.1 Å². The number of aliphatic imine (C=N–C) groups is 1. The van der Waals surface area contributed by atoms with Crippen molar-refractivity contribution in [1.29, 1.82) is 0 Å². The fraction of sp³-hybridized carbons (Fsp3) is 0.278. The summed E-state index contributed by atoms with van der Waals surface area (Å²) in [5, 5.41) is 10.5. The molecule has 0 radical (unpaired) electrons. The molecule has 0 aliphatic carbocycles. The summed E-state index contributed by atoms with van der Waals surface area (Å²) < 4.78 is 5.19. The van der Waals surface area contributed by atoms with Crippen LogP contribution in [-0.4, -0.2) is 24.0 Å². The van der Waals surface area contributed by atoms with Gasteiger partial charge in [0.1, 0.15) is 11.9 Å². The zero-order valence-electron chi connectivity index (χ0n) is 12.7. The maximum Gasteiger partial charge on any atom is 0.119 e. The van der Waals surface area contributed by atoms with Crippen molar-refractivity contribution in [2.75, 3.05) is 7.11 Å². The second-order valence-electron chi connectivity index (χ2n) is 5.50. The highest BCUT2D eigenvalue weighted by Gasteiger charge is 2.27. The first kappa shape index (κ1) is 15.3. The Morgan fingerprint density at radius 2 is 1.81 bits per heavy atom. The molecule has 0 saturated carbocycles. The molecule has 0 spiro atoms. The van der Waals surface area contributed by atoms with Crippen LogP contribution in [0, 0.1) is 0 Å². The van der Waals surface area contributed by atoms with Gasteiger partial charge in [-0.25, -0.2) is 0 Å². The first-order valence-corrected chi connectivity index (χ1v) is 6.95. The molecule has 0 heterocycles. The third-order valence-electron chi connectivity index (χ3n) is 3.42. The fourth-order valence-corrected chi connectivity index (χ4v) is 2.08. The quantitative estimate of drug-likeness (QED) is 0.851. The van der Waals surface area contributed by atoms with Gasteiger partial charge in [0.15, 0.2) is 0 Å². The topological polar surface area (TPSA) is 41.8 Å². The van der Waals surface area contributed by atoms with Crippen molar-refractivity contribution in [2.24, 2.45) is 4.99 Å². The molecule has 3 heteroatoms. The highest BCUT2D eigenvalue weighted by molar-refractivity contribution is 5.80. The number of ether oxygens (including phenoxy) is 1. The Hall–Kier alpha value is -2.13. The lowest BCUT2D eigenvalue weighted by atomic mass is 9.92. The minimum Gasteiger partial charge on any atom is -0.497 e. The van der Waals surface area contributed by atoms with Crippen LogP contribution >= 0.6 is 0 Å². The van der Waals surface area contributed by atoms with Gasteiger partial charge in [-0.15, -0.1) is 0 Å². The Kier molecular flexibility index (Phi) is 4.76. The summed E-state index contributed by atoms with van der Waals surface area (Å²) in [5.74, 6) is 0.792. The smallest absolute Gasteiger partial charge is 0.119 e. The molecule has 0 fully saturated rings.